The highest BCUT2D eigenvalue weighted by Crippen LogP contribution is 2.28. The number of nitrogens with zero attached hydrogens (tertiary/aromatic N) is 1. The van der Waals surface area contributed by atoms with Gasteiger partial charge < -0.3 is 14.4 Å². The molecule has 0 atom stereocenters. The summed E-state index contributed by atoms with van der Waals surface area (Å²) in [6.45, 7) is 5.39. The summed E-state index contributed by atoms with van der Waals surface area (Å²) >= 11 is 0. The molecule has 1 fully saturated rings. The summed E-state index contributed by atoms with van der Waals surface area (Å²) in [6, 6.07) is 6.22. The van der Waals surface area contributed by atoms with Crippen LogP contribution in [0.3, 0.4) is 0 Å². The van der Waals surface area contributed by atoms with Crippen molar-refractivity contribution in [2.75, 3.05) is 32.8 Å². The third kappa shape index (κ3) is 3.41. The lowest BCUT2D eigenvalue weighted by Crippen LogP contribution is -2.21. The van der Waals surface area contributed by atoms with Gasteiger partial charge in [0.05, 0.1) is 13.2 Å². The molecule has 0 spiro atoms. The lowest BCUT2D eigenvalue weighted by molar-refractivity contribution is 0.260. The van der Waals surface area contributed by atoms with E-state index in [4.69, 9.17) is 9.47 Å². The maximum atomic E-state index is 5.85. The van der Waals surface area contributed by atoms with E-state index >= 15 is 0 Å². The second-order valence-electron chi connectivity index (χ2n) is 5.47. The number of benzene rings is 1. The lowest BCUT2D eigenvalue weighted by atomic mass is 10.1. The minimum atomic E-state index is 0.816. The standard InChI is InChI=1S/C16H23NO2/c1-2-9-17(8-1)10-4-12-18-15-6-7-16-14(13-15)5-3-11-19-16/h6-7,13H,1-5,8-12H2. The molecule has 0 unspecified atom stereocenters. The van der Waals surface area contributed by atoms with E-state index < -0.39 is 0 Å². The molecular formula is C16H23NO2. The Bertz CT molecular complexity index is 413. The summed E-state index contributed by atoms with van der Waals surface area (Å²) in [6.07, 6.45) is 6.08. The first kappa shape index (κ1) is 12.8. The minimum absolute atomic E-state index is 0.816. The van der Waals surface area contributed by atoms with Crippen molar-refractivity contribution in [3.8, 4) is 11.5 Å². The highest BCUT2D eigenvalue weighted by molar-refractivity contribution is 5.41. The zero-order valence-electron chi connectivity index (χ0n) is 11.6. The van der Waals surface area contributed by atoms with Gasteiger partial charge in [-0.3, -0.25) is 0 Å². The SMILES string of the molecule is c1cc2c(cc1OCCCN1CCCC1)CCCO2. The highest BCUT2D eigenvalue weighted by atomic mass is 16.5. The maximum absolute atomic E-state index is 5.85. The molecule has 3 nitrogen and oxygen atoms in total. The van der Waals surface area contributed by atoms with Crippen LogP contribution < -0.4 is 9.47 Å². The molecule has 2 aliphatic rings. The first-order valence-corrected chi connectivity index (χ1v) is 7.53. The first-order chi connectivity index (χ1) is 9.42. The van der Waals surface area contributed by atoms with Gasteiger partial charge in [0.15, 0.2) is 0 Å². The van der Waals surface area contributed by atoms with Crippen LogP contribution in [0.1, 0.15) is 31.2 Å². The van der Waals surface area contributed by atoms with Gasteiger partial charge in [-0.05, 0) is 69.0 Å². The predicted octanol–water partition coefficient (Wildman–Crippen LogP) is 2.88. The van der Waals surface area contributed by atoms with Gasteiger partial charge in [-0.15, -0.1) is 0 Å². The Morgan fingerprint density at radius 1 is 1.16 bits per heavy atom. The van der Waals surface area contributed by atoms with Crippen LogP contribution >= 0.6 is 0 Å². The molecule has 0 aromatic heterocycles. The van der Waals surface area contributed by atoms with Crippen molar-refractivity contribution < 1.29 is 9.47 Å². The minimum Gasteiger partial charge on any atom is -0.494 e. The molecule has 1 aromatic rings. The van der Waals surface area contributed by atoms with Crippen molar-refractivity contribution in [1.29, 1.82) is 0 Å². The van der Waals surface area contributed by atoms with Gasteiger partial charge in [-0.25, -0.2) is 0 Å². The third-order valence-corrected chi connectivity index (χ3v) is 3.97. The van der Waals surface area contributed by atoms with Crippen molar-refractivity contribution in [1.82, 2.24) is 4.90 Å². The van der Waals surface area contributed by atoms with Crippen molar-refractivity contribution in [3.05, 3.63) is 23.8 Å². The topological polar surface area (TPSA) is 21.7 Å². The number of hydrogen-bond donors (Lipinski definition) is 0. The average Bonchev–Trinajstić information content (AvgIpc) is 2.97. The molecule has 1 saturated heterocycles. The number of aryl methyl sites for hydroxylation is 1. The van der Waals surface area contributed by atoms with Gasteiger partial charge in [-0.1, -0.05) is 0 Å². The van der Waals surface area contributed by atoms with Crippen LogP contribution in [0.25, 0.3) is 0 Å². The Labute approximate surface area is 115 Å². The molecule has 0 aliphatic carbocycles. The predicted molar refractivity (Wildman–Crippen MR) is 76.0 cm³/mol. The van der Waals surface area contributed by atoms with Crippen molar-refractivity contribution in [2.45, 2.75) is 32.1 Å². The van der Waals surface area contributed by atoms with Gasteiger partial charge in [0.1, 0.15) is 11.5 Å². The fourth-order valence-electron chi connectivity index (χ4n) is 2.91. The Hall–Kier alpha value is -1.22. The number of fused-ring (bicyclic) bond motifs is 1. The van der Waals surface area contributed by atoms with Gasteiger partial charge in [0, 0.05) is 6.54 Å². The smallest absolute Gasteiger partial charge is 0.122 e. The first-order valence-electron chi connectivity index (χ1n) is 7.53. The van der Waals surface area contributed by atoms with Gasteiger partial charge in [-0.2, -0.15) is 0 Å². The maximum Gasteiger partial charge on any atom is 0.122 e. The Kier molecular flexibility index (Phi) is 4.23. The molecule has 0 radical (unpaired) electrons. The average molecular weight is 261 g/mol. The second-order valence-corrected chi connectivity index (χ2v) is 5.47. The van der Waals surface area contributed by atoms with E-state index in [9.17, 15) is 0 Å². The van der Waals surface area contributed by atoms with E-state index in [0.717, 1.165) is 44.0 Å². The highest BCUT2D eigenvalue weighted by Gasteiger charge is 2.12. The van der Waals surface area contributed by atoms with Crippen LogP contribution in [0.15, 0.2) is 18.2 Å². The molecule has 19 heavy (non-hydrogen) atoms. The molecule has 104 valence electrons. The van der Waals surface area contributed by atoms with E-state index in [1.165, 1.54) is 38.0 Å². The number of ether oxygens (including phenoxy) is 2. The molecule has 1 aromatic carbocycles. The van der Waals surface area contributed by atoms with Crippen molar-refractivity contribution in [2.24, 2.45) is 0 Å². The quantitative estimate of drug-likeness (QED) is 0.761. The van der Waals surface area contributed by atoms with E-state index in [-0.39, 0.29) is 0 Å². The zero-order valence-corrected chi connectivity index (χ0v) is 11.6. The number of rotatable bonds is 5. The molecular weight excluding hydrogens is 238 g/mol. The van der Waals surface area contributed by atoms with Gasteiger partial charge in [0.25, 0.3) is 0 Å². The van der Waals surface area contributed by atoms with E-state index in [1.54, 1.807) is 0 Å². The summed E-state index contributed by atoms with van der Waals surface area (Å²) in [5.41, 5.74) is 1.29. The lowest BCUT2D eigenvalue weighted by Gasteiger charge is -2.18. The van der Waals surface area contributed by atoms with Crippen LogP contribution in [0.5, 0.6) is 11.5 Å². The van der Waals surface area contributed by atoms with Crippen LogP contribution in [-0.2, 0) is 6.42 Å². The Morgan fingerprint density at radius 2 is 2.05 bits per heavy atom. The molecule has 0 saturated carbocycles. The summed E-state index contributed by atoms with van der Waals surface area (Å²) in [5.74, 6) is 2.03. The molecule has 0 amide bonds. The van der Waals surface area contributed by atoms with Crippen LogP contribution in [0.2, 0.25) is 0 Å². The monoisotopic (exact) mass is 261 g/mol. The van der Waals surface area contributed by atoms with Crippen LogP contribution in [-0.4, -0.2) is 37.7 Å². The zero-order chi connectivity index (χ0) is 12.9. The second kappa shape index (κ2) is 6.29. The fourth-order valence-corrected chi connectivity index (χ4v) is 2.91. The fraction of sp³-hybridized carbons (Fsp3) is 0.625. The van der Waals surface area contributed by atoms with E-state index in [0.29, 0.717) is 0 Å². The molecule has 2 heterocycles. The summed E-state index contributed by atoms with van der Waals surface area (Å²) in [5, 5.41) is 0. The molecule has 3 rings (SSSR count). The summed E-state index contributed by atoms with van der Waals surface area (Å²) in [4.78, 5) is 2.53. The Balaban J connectivity index is 1.44. The summed E-state index contributed by atoms with van der Waals surface area (Å²) in [7, 11) is 0. The van der Waals surface area contributed by atoms with Gasteiger partial charge in [0.2, 0.25) is 0 Å². The van der Waals surface area contributed by atoms with Crippen LogP contribution in [0, 0.1) is 0 Å². The number of likely N-dealkylation sites (tertiary alicyclic amines) is 1. The molecule has 3 heteroatoms. The van der Waals surface area contributed by atoms with Crippen molar-refractivity contribution in [3.63, 3.8) is 0 Å². The number of hydrogen-bond acceptors (Lipinski definition) is 3. The van der Waals surface area contributed by atoms with Crippen LogP contribution in [0.4, 0.5) is 0 Å². The molecule has 0 N–H and O–H groups in total. The summed E-state index contributed by atoms with van der Waals surface area (Å²) < 4.78 is 11.5. The molecule has 0 bridgehead atoms. The van der Waals surface area contributed by atoms with E-state index in [2.05, 4.69) is 11.0 Å². The third-order valence-electron chi connectivity index (χ3n) is 3.97. The van der Waals surface area contributed by atoms with E-state index in [1.807, 2.05) is 12.1 Å². The Morgan fingerprint density at radius 3 is 2.95 bits per heavy atom. The largest absolute Gasteiger partial charge is 0.494 e. The molecule has 2 aliphatic heterocycles. The van der Waals surface area contributed by atoms with Crippen molar-refractivity contribution >= 4 is 0 Å². The van der Waals surface area contributed by atoms with Gasteiger partial charge >= 0.3 is 0 Å². The normalized spacial score (nSPS) is 18.9.